The number of imidazole rings is 1. The van der Waals surface area contributed by atoms with Gasteiger partial charge in [0.2, 0.25) is 5.95 Å². The summed E-state index contributed by atoms with van der Waals surface area (Å²) >= 11 is 0. The molecule has 2 rings (SSSR count). The molecule has 0 radical (unpaired) electrons. The Labute approximate surface area is 148 Å². The number of hydrogen-bond acceptors (Lipinski definition) is 4. The molecule has 0 aliphatic heterocycles. The van der Waals surface area contributed by atoms with E-state index in [0.717, 1.165) is 31.9 Å². The average molecular weight is 349 g/mol. The number of nitrogens with one attached hydrogen (secondary N) is 1. The van der Waals surface area contributed by atoms with Crippen LogP contribution < -0.4 is 16.1 Å². The Kier molecular flexibility index (Phi) is 6.84. The molecule has 0 atom stereocenters. The fourth-order valence-corrected chi connectivity index (χ4v) is 3.18. The van der Waals surface area contributed by atoms with Gasteiger partial charge in [-0.1, -0.05) is 39.5 Å². The van der Waals surface area contributed by atoms with Crippen molar-refractivity contribution in [2.75, 3.05) is 18.0 Å². The molecule has 0 saturated heterocycles. The third-order valence-corrected chi connectivity index (χ3v) is 4.65. The minimum atomic E-state index is -0.423. The smallest absolute Gasteiger partial charge is 0.329 e. The van der Waals surface area contributed by atoms with Crippen molar-refractivity contribution >= 4 is 17.1 Å². The number of fused-ring (bicyclic) bond motifs is 1. The normalized spacial score (nSPS) is 11.4. The van der Waals surface area contributed by atoms with Crippen LogP contribution in [0, 0.1) is 0 Å². The first-order chi connectivity index (χ1) is 12.0. The first-order valence-corrected chi connectivity index (χ1v) is 9.49. The summed E-state index contributed by atoms with van der Waals surface area (Å²) in [5.41, 5.74) is 0.159. The van der Waals surface area contributed by atoms with Crippen LogP contribution in [0.5, 0.6) is 0 Å². The molecular weight excluding hydrogens is 318 g/mol. The maximum Gasteiger partial charge on any atom is 0.329 e. The topological polar surface area (TPSA) is 75.9 Å². The van der Waals surface area contributed by atoms with E-state index in [1.807, 2.05) is 11.5 Å². The van der Waals surface area contributed by atoms with E-state index in [1.54, 1.807) is 7.05 Å². The standard InChI is InChI=1S/C18H31N5O2/c1-5-8-10-12-22(13-11-9-6-2)17-19-15-14(23(17)7-3)16(24)20-18(25)21(15)4/h5-13H2,1-4H3,(H,20,24,25). The van der Waals surface area contributed by atoms with E-state index in [1.165, 1.54) is 30.3 Å². The summed E-state index contributed by atoms with van der Waals surface area (Å²) in [6.45, 7) is 8.88. The summed E-state index contributed by atoms with van der Waals surface area (Å²) in [5, 5.41) is 0. The maximum atomic E-state index is 12.3. The van der Waals surface area contributed by atoms with E-state index in [-0.39, 0.29) is 5.56 Å². The molecule has 1 N–H and O–H groups in total. The second kappa shape index (κ2) is 8.87. The van der Waals surface area contributed by atoms with Crippen molar-refractivity contribution in [1.29, 1.82) is 0 Å². The van der Waals surface area contributed by atoms with Gasteiger partial charge < -0.3 is 9.47 Å². The minimum absolute atomic E-state index is 0.360. The van der Waals surface area contributed by atoms with Gasteiger partial charge >= 0.3 is 5.69 Å². The molecule has 0 fully saturated rings. The molecule has 2 aromatic rings. The fourth-order valence-electron chi connectivity index (χ4n) is 3.18. The van der Waals surface area contributed by atoms with Crippen molar-refractivity contribution in [3.63, 3.8) is 0 Å². The Morgan fingerprint density at radius 3 is 2.12 bits per heavy atom. The van der Waals surface area contributed by atoms with Crippen LogP contribution >= 0.6 is 0 Å². The number of aromatic nitrogens is 4. The summed E-state index contributed by atoms with van der Waals surface area (Å²) in [7, 11) is 1.65. The first kappa shape index (κ1) is 19.3. The van der Waals surface area contributed by atoms with Crippen LogP contribution in [0.1, 0.15) is 59.3 Å². The summed E-state index contributed by atoms with van der Waals surface area (Å²) in [5.74, 6) is 0.802. The molecule has 0 amide bonds. The molecule has 0 bridgehead atoms. The van der Waals surface area contributed by atoms with E-state index >= 15 is 0 Å². The highest BCUT2D eigenvalue weighted by Gasteiger charge is 2.20. The van der Waals surface area contributed by atoms with Crippen molar-refractivity contribution in [3.05, 3.63) is 20.8 Å². The molecule has 2 heterocycles. The SMILES string of the molecule is CCCCCN(CCCCC)c1nc2c(c(=O)[nH]c(=O)n2C)n1CC. The number of H-pyrrole nitrogens is 1. The molecule has 25 heavy (non-hydrogen) atoms. The van der Waals surface area contributed by atoms with Crippen LogP contribution in [0.2, 0.25) is 0 Å². The largest absolute Gasteiger partial charge is 0.342 e. The fraction of sp³-hybridized carbons (Fsp3) is 0.722. The van der Waals surface area contributed by atoms with E-state index in [9.17, 15) is 9.59 Å². The quantitative estimate of drug-likeness (QED) is 0.669. The molecule has 0 aliphatic rings. The molecule has 140 valence electrons. The van der Waals surface area contributed by atoms with Crippen LogP contribution in [0.3, 0.4) is 0 Å². The lowest BCUT2D eigenvalue weighted by Gasteiger charge is -2.24. The highest BCUT2D eigenvalue weighted by Crippen LogP contribution is 2.20. The Balaban J connectivity index is 2.49. The van der Waals surface area contributed by atoms with Crippen molar-refractivity contribution in [1.82, 2.24) is 19.1 Å². The number of hydrogen-bond donors (Lipinski definition) is 1. The second-order valence-corrected chi connectivity index (χ2v) is 6.55. The Bertz CT molecular complexity index is 792. The van der Waals surface area contributed by atoms with Crippen LogP contribution in [-0.4, -0.2) is 32.2 Å². The van der Waals surface area contributed by atoms with Gasteiger partial charge in [-0.3, -0.25) is 14.3 Å². The maximum absolute atomic E-state index is 12.3. The Hall–Kier alpha value is -2.05. The van der Waals surface area contributed by atoms with E-state index in [4.69, 9.17) is 4.98 Å². The van der Waals surface area contributed by atoms with Gasteiger partial charge in [0.1, 0.15) is 0 Å². The molecule has 0 aliphatic carbocycles. The summed E-state index contributed by atoms with van der Waals surface area (Å²) in [4.78, 5) is 33.6. The third-order valence-electron chi connectivity index (χ3n) is 4.65. The number of rotatable bonds is 10. The predicted molar refractivity (Wildman–Crippen MR) is 103 cm³/mol. The van der Waals surface area contributed by atoms with Gasteiger partial charge in [-0.25, -0.2) is 4.79 Å². The van der Waals surface area contributed by atoms with Crippen LogP contribution in [-0.2, 0) is 13.6 Å². The van der Waals surface area contributed by atoms with Crippen LogP contribution in [0.15, 0.2) is 9.59 Å². The minimum Gasteiger partial charge on any atom is -0.342 e. The molecule has 2 aromatic heterocycles. The second-order valence-electron chi connectivity index (χ2n) is 6.55. The molecule has 0 saturated carbocycles. The zero-order valence-electron chi connectivity index (χ0n) is 16.0. The van der Waals surface area contributed by atoms with Crippen molar-refractivity contribution in [3.8, 4) is 0 Å². The lowest BCUT2D eigenvalue weighted by molar-refractivity contribution is 0.612. The van der Waals surface area contributed by atoms with E-state index in [0.29, 0.717) is 17.7 Å². The molecule has 0 spiro atoms. The summed E-state index contributed by atoms with van der Waals surface area (Å²) < 4.78 is 3.36. The molecule has 0 aromatic carbocycles. The predicted octanol–water partition coefficient (Wildman–Crippen LogP) is 2.63. The van der Waals surface area contributed by atoms with Crippen molar-refractivity contribution in [2.24, 2.45) is 7.05 Å². The highest BCUT2D eigenvalue weighted by molar-refractivity contribution is 5.74. The number of aromatic amines is 1. The van der Waals surface area contributed by atoms with Gasteiger partial charge in [0.05, 0.1) is 0 Å². The lowest BCUT2D eigenvalue weighted by Crippen LogP contribution is -2.30. The highest BCUT2D eigenvalue weighted by atomic mass is 16.2. The summed E-state index contributed by atoms with van der Waals surface area (Å²) in [6.07, 6.45) is 6.89. The van der Waals surface area contributed by atoms with Gasteiger partial charge in [-0.15, -0.1) is 0 Å². The zero-order valence-corrected chi connectivity index (χ0v) is 16.0. The molecule has 7 heteroatoms. The Morgan fingerprint density at radius 1 is 1.00 bits per heavy atom. The number of aryl methyl sites for hydroxylation is 2. The number of unbranched alkanes of at least 4 members (excludes halogenated alkanes) is 4. The molecular formula is C18H31N5O2. The van der Waals surface area contributed by atoms with Crippen LogP contribution in [0.25, 0.3) is 11.2 Å². The van der Waals surface area contributed by atoms with Crippen LogP contribution in [0.4, 0.5) is 5.95 Å². The molecule has 0 unspecified atom stereocenters. The first-order valence-electron chi connectivity index (χ1n) is 9.49. The van der Waals surface area contributed by atoms with Gasteiger partial charge in [-0.2, -0.15) is 4.98 Å². The average Bonchev–Trinajstić information content (AvgIpc) is 2.99. The Morgan fingerprint density at radius 2 is 1.60 bits per heavy atom. The van der Waals surface area contributed by atoms with Crippen molar-refractivity contribution in [2.45, 2.75) is 65.8 Å². The van der Waals surface area contributed by atoms with Gasteiger partial charge in [0.15, 0.2) is 11.2 Å². The lowest BCUT2D eigenvalue weighted by atomic mass is 10.2. The molecule has 7 nitrogen and oxygen atoms in total. The van der Waals surface area contributed by atoms with Gasteiger partial charge in [0.25, 0.3) is 5.56 Å². The zero-order chi connectivity index (χ0) is 18.4. The monoisotopic (exact) mass is 349 g/mol. The van der Waals surface area contributed by atoms with Gasteiger partial charge in [-0.05, 0) is 19.8 Å². The van der Waals surface area contributed by atoms with E-state index in [2.05, 4.69) is 23.7 Å². The van der Waals surface area contributed by atoms with Gasteiger partial charge in [0, 0.05) is 26.7 Å². The third kappa shape index (κ3) is 4.14. The van der Waals surface area contributed by atoms with E-state index < -0.39 is 5.69 Å². The summed E-state index contributed by atoms with van der Waals surface area (Å²) in [6, 6.07) is 0. The van der Waals surface area contributed by atoms with Crippen molar-refractivity contribution < 1.29 is 0 Å². The number of anilines is 1. The number of nitrogens with zero attached hydrogens (tertiary/aromatic N) is 4.